The highest BCUT2D eigenvalue weighted by Crippen LogP contribution is 2.13. The maximum atomic E-state index is 11.7. The first kappa shape index (κ1) is 15.9. The molecule has 0 amide bonds. The monoisotopic (exact) mass is 257 g/mol. The predicted octanol–water partition coefficient (Wildman–Crippen LogP) is 2.84. The summed E-state index contributed by atoms with van der Waals surface area (Å²) in [6, 6.07) is 8.60. The summed E-state index contributed by atoms with van der Waals surface area (Å²) in [5.74, 6) is -0.347. The van der Waals surface area contributed by atoms with Crippen LogP contribution in [0.1, 0.15) is 38.3 Å². The molecule has 0 aliphatic rings. The van der Waals surface area contributed by atoms with Gasteiger partial charge in [0.2, 0.25) is 0 Å². The van der Waals surface area contributed by atoms with Gasteiger partial charge in [0.25, 0.3) is 0 Å². The van der Waals surface area contributed by atoms with Crippen molar-refractivity contribution in [1.82, 2.24) is 0 Å². The van der Waals surface area contributed by atoms with Crippen molar-refractivity contribution in [3.63, 3.8) is 0 Å². The van der Waals surface area contributed by atoms with Gasteiger partial charge in [0.1, 0.15) is 12.1 Å². The van der Waals surface area contributed by atoms with Crippen molar-refractivity contribution < 1.29 is 9.53 Å². The van der Waals surface area contributed by atoms with E-state index in [2.05, 4.69) is 0 Å². The maximum absolute atomic E-state index is 11.7. The highest BCUT2D eigenvalue weighted by molar-refractivity contribution is 5.85. The normalized spacial score (nSPS) is 11.8. The average Bonchev–Trinajstić information content (AvgIpc) is 2.35. The molecule has 2 N–H and O–H groups in total. The Morgan fingerprint density at radius 1 is 1.24 bits per heavy atom. The Labute approximate surface area is 109 Å². The third-order valence-corrected chi connectivity index (χ3v) is 2.61. The molecule has 0 saturated heterocycles. The number of carbonyl (C=O) groups excluding carboxylic acids is 1. The molecule has 1 aromatic rings. The summed E-state index contributed by atoms with van der Waals surface area (Å²) in [6.45, 7) is 3.99. The van der Waals surface area contributed by atoms with E-state index in [9.17, 15) is 4.79 Å². The van der Waals surface area contributed by atoms with Crippen LogP contribution in [-0.4, -0.2) is 12.1 Å². The lowest BCUT2D eigenvalue weighted by atomic mass is 10.1. The van der Waals surface area contributed by atoms with Gasteiger partial charge in [-0.15, -0.1) is 12.4 Å². The number of halogens is 1. The van der Waals surface area contributed by atoms with Gasteiger partial charge >= 0.3 is 5.97 Å². The number of ether oxygens (including phenoxy) is 1. The van der Waals surface area contributed by atoms with Crippen LogP contribution < -0.4 is 5.73 Å². The minimum absolute atomic E-state index is 0. The van der Waals surface area contributed by atoms with Gasteiger partial charge in [0, 0.05) is 0 Å². The Morgan fingerprint density at radius 2 is 1.76 bits per heavy atom. The highest BCUT2D eigenvalue weighted by atomic mass is 35.5. The molecule has 0 aliphatic heterocycles. The molecule has 96 valence electrons. The number of rotatable bonds is 5. The van der Waals surface area contributed by atoms with Crippen molar-refractivity contribution in [3.05, 3.63) is 35.9 Å². The molecule has 3 nitrogen and oxygen atoms in total. The van der Waals surface area contributed by atoms with E-state index in [0.717, 1.165) is 18.4 Å². The first-order valence-corrected chi connectivity index (χ1v) is 5.70. The zero-order chi connectivity index (χ0) is 12.0. The lowest BCUT2D eigenvalue weighted by Crippen LogP contribution is -2.27. The van der Waals surface area contributed by atoms with Crippen LogP contribution in [0.2, 0.25) is 0 Å². The summed E-state index contributed by atoms with van der Waals surface area (Å²) in [6.07, 6.45) is 1.62. The number of benzene rings is 1. The second kappa shape index (κ2) is 8.09. The SMILES string of the molecule is CCC(CC)OC(=O)C(N)c1ccccc1.Cl. The number of nitrogens with two attached hydrogens (primary N) is 1. The summed E-state index contributed by atoms with van der Waals surface area (Å²) >= 11 is 0. The summed E-state index contributed by atoms with van der Waals surface area (Å²) < 4.78 is 5.30. The van der Waals surface area contributed by atoms with Crippen LogP contribution in [0.15, 0.2) is 30.3 Å². The van der Waals surface area contributed by atoms with E-state index in [1.807, 2.05) is 44.2 Å². The summed E-state index contributed by atoms with van der Waals surface area (Å²) in [7, 11) is 0. The second-order valence-corrected chi connectivity index (χ2v) is 3.76. The molecular weight excluding hydrogens is 238 g/mol. The molecule has 0 saturated carbocycles. The third-order valence-electron chi connectivity index (χ3n) is 2.61. The Kier molecular flexibility index (Phi) is 7.59. The predicted molar refractivity (Wildman–Crippen MR) is 71.1 cm³/mol. The van der Waals surface area contributed by atoms with E-state index in [1.54, 1.807) is 0 Å². The number of hydrogen-bond donors (Lipinski definition) is 1. The Bertz CT molecular complexity index is 325. The fourth-order valence-electron chi connectivity index (χ4n) is 1.49. The Balaban J connectivity index is 0.00000256. The molecule has 0 bridgehead atoms. The molecule has 0 fully saturated rings. The zero-order valence-electron chi connectivity index (χ0n) is 10.3. The molecule has 4 heteroatoms. The molecule has 1 aromatic carbocycles. The van der Waals surface area contributed by atoms with Crippen LogP contribution in [-0.2, 0) is 9.53 Å². The van der Waals surface area contributed by atoms with E-state index < -0.39 is 6.04 Å². The standard InChI is InChI=1S/C13H19NO2.ClH/c1-3-11(4-2)16-13(15)12(14)10-8-6-5-7-9-10;/h5-9,11-12H,3-4,14H2,1-2H3;1H. The molecule has 0 aliphatic carbocycles. The van der Waals surface area contributed by atoms with E-state index in [4.69, 9.17) is 10.5 Å². The fraction of sp³-hybridized carbons (Fsp3) is 0.462. The minimum Gasteiger partial charge on any atom is -0.461 e. The van der Waals surface area contributed by atoms with Crippen LogP contribution in [0, 0.1) is 0 Å². The zero-order valence-corrected chi connectivity index (χ0v) is 11.1. The molecular formula is C13H20ClNO2. The van der Waals surface area contributed by atoms with E-state index >= 15 is 0 Å². The van der Waals surface area contributed by atoms with Gasteiger partial charge in [0.15, 0.2) is 0 Å². The van der Waals surface area contributed by atoms with Gasteiger partial charge in [0.05, 0.1) is 0 Å². The van der Waals surface area contributed by atoms with Crippen LogP contribution >= 0.6 is 12.4 Å². The van der Waals surface area contributed by atoms with Crippen LogP contribution in [0.5, 0.6) is 0 Å². The first-order chi connectivity index (χ1) is 7.69. The van der Waals surface area contributed by atoms with Gasteiger partial charge in [-0.25, -0.2) is 4.79 Å². The molecule has 1 atom stereocenters. The second-order valence-electron chi connectivity index (χ2n) is 3.76. The van der Waals surface area contributed by atoms with Gasteiger partial charge < -0.3 is 10.5 Å². The third kappa shape index (κ3) is 4.75. The quantitative estimate of drug-likeness (QED) is 0.826. The molecule has 17 heavy (non-hydrogen) atoms. The van der Waals surface area contributed by atoms with Crippen molar-refractivity contribution >= 4 is 18.4 Å². The maximum Gasteiger partial charge on any atom is 0.327 e. The van der Waals surface area contributed by atoms with Crippen molar-refractivity contribution in [2.24, 2.45) is 5.73 Å². The average molecular weight is 258 g/mol. The molecule has 1 unspecified atom stereocenters. The van der Waals surface area contributed by atoms with Crippen LogP contribution in [0.4, 0.5) is 0 Å². The van der Waals surface area contributed by atoms with Gasteiger partial charge in [-0.3, -0.25) is 0 Å². The largest absolute Gasteiger partial charge is 0.461 e. The lowest BCUT2D eigenvalue weighted by molar-refractivity contribution is -0.151. The smallest absolute Gasteiger partial charge is 0.327 e. The molecule has 0 heterocycles. The topological polar surface area (TPSA) is 52.3 Å². The molecule has 0 radical (unpaired) electrons. The molecule has 0 spiro atoms. The number of esters is 1. The molecule has 1 rings (SSSR count). The van der Waals surface area contributed by atoms with E-state index in [0.29, 0.717) is 0 Å². The fourth-order valence-corrected chi connectivity index (χ4v) is 1.49. The number of hydrogen-bond acceptors (Lipinski definition) is 3. The minimum atomic E-state index is -0.679. The van der Waals surface area contributed by atoms with Crippen molar-refractivity contribution in [2.75, 3.05) is 0 Å². The van der Waals surface area contributed by atoms with Crippen LogP contribution in [0.3, 0.4) is 0 Å². The highest BCUT2D eigenvalue weighted by Gasteiger charge is 2.19. The van der Waals surface area contributed by atoms with Gasteiger partial charge in [-0.05, 0) is 18.4 Å². The van der Waals surface area contributed by atoms with E-state index in [-0.39, 0.29) is 24.5 Å². The van der Waals surface area contributed by atoms with Gasteiger partial charge in [-0.1, -0.05) is 44.2 Å². The Morgan fingerprint density at radius 3 is 2.24 bits per heavy atom. The van der Waals surface area contributed by atoms with Crippen molar-refractivity contribution in [2.45, 2.75) is 38.8 Å². The van der Waals surface area contributed by atoms with Crippen molar-refractivity contribution in [3.8, 4) is 0 Å². The summed E-state index contributed by atoms with van der Waals surface area (Å²) in [5.41, 5.74) is 6.61. The molecule has 0 aromatic heterocycles. The van der Waals surface area contributed by atoms with Gasteiger partial charge in [-0.2, -0.15) is 0 Å². The van der Waals surface area contributed by atoms with Crippen molar-refractivity contribution in [1.29, 1.82) is 0 Å². The van der Waals surface area contributed by atoms with E-state index in [1.165, 1.54) is 0 Å². The Hall–Kier alpha value is -1.06. The lowest BCUT2D eigenvalue weighted by Gasteiger charge is -2.17. The summed E-state index contributed by atoms with van der Waals surface area (Å²) in [5, 5.41) is 0. The first-order valence-electron chi connectivity index (χ1n) is 5.70. The number of carbonyl (C=O) groups is 1. The van der Waals surface area contributed by atoms with Crippen LogP contribution in [0.25, 0.3) is 0 Å². The summed E-state index contributed by atoms with van der Waals surface area (Å²) in [4.78, 5) is 11.7.